The van der Waals surface area contributed by atoms with Gasteiger partial charge in [0.2, 0.25) is 0 Å². The van der Waals surface area contributed by atoms with Gasteiger partial charge in [0.1, 0.15) is 0 Å². The van der Waals surface area contributed by atoms with Gasteiger partial charge in [-0.25, -0.2) is 0 Å². The van der Waals surface area contributed by atoms with Crippen molar-refractivity contribution in [3.63, 3.8) is 0 Å². The normalized spacial score (nSPS) is 10.3. The van der Waals surface area contributed by atoms with Gasteiger partial charge in [0.15, 0.2) is 5.78 Å². The van der Waals surface area contributed by atoms with Crippen LogP contribution in [0.1, 0.15) is 15.9 Å². The summed E-state index contributed by atoms with van der Waals surface area (Å²) in [7, 11) is 0. The van der Waals surface area contributed by atoms with Gasteiger partial charge in [-0.2, -0.15) is 0 Å². The number of rotatable bonds is 6. The zero-order valence-electron chi connectivity index (χ0n) is 12.9. The van der Waals surface area contributed by atoms with E-state index in [1.165, 1.54) is 5.56 Å². The van der Waals surface area contributed by atoms with Gasteiger partial charge in [-0.3, -0.25) is 4.79 Å². The van der Waals surface area contributed by atoms with Crippen molar-refractivity contribution in [2.24, 2.45) is 0 Å². The fourth-order valence-electron chi connectivity index (χ4n) is 2.57. The van der Waals surface area contributed by atoms with Crippen LogP contribution >= 0.6 is 0 Å². The lowest BCUT2D eigenvalue weighted by atomic mass is 10.1. The van der Waals surface area contributed by atoms with Crippen LogP contribution in [0.2, 0.25) is 0 Å². The molecule has 0 amide bonds. The Kier molecular flexibility index (Phi) is 4.85. The first-order chi connectivity index (χ1) is 11.3. The molecule has 0 N–H and O–H groups in total. The van der Waals surface area contributed by atoms with Crippen LogP contribution in [-0.2, 0) is 6.54 Å². The summed E-state index contributed by atoms with van der Waals surface area (Å²) in [5.41, 5.74) is 3.00. The fraction of sp³-hybridized carbons (Fsp3) is 0.0952. The van der Waals surface area contributed by atoms with Crippen LogP contribution in [0, 0.1) is 0 Å². The maximum Gasteiger partial charge on any atom is 0.182 e. The molecule has 0 aliphatic heterocycles. The molecule has 0 aromatic heterocycles. The SMILES string of the molecule is O=C(CN(Cc1ccccc1)c1ccccc1)c1ccccc1. The van der Waals surface area contributed by atoms with Crippen LogP contribution in [0.3, 0.4) is 0 Å². The van der Waals surface area contributed by atoms with Gasteiger partial charge in [0.25, 0.3) is 0 Å². The lowest BCUT2D eigenvalue weighted by Crippen LogP contribution is -2.29. The van der Waals surface area contributed by atoms with E-state index in [1.54, 1.807) is 0 Å². The third-order valence-corrected chi connectivity index (χ3v) is 3.77. The Balaban J connectivity index is 1.82. The number of carbonyl (C=O) groups is 1. The first-order valence-electron chi connectivity index (χ1n) is 7.75. The van der Waals surface area contributed by atoms with Crippen molar-refractivity contribution >= 4 is 11.5 Å². The van der Waals surface area contributed by atoms with Crippen molar-refractivity contribution in [1.82, 2.24) is 0 Å². The monoisotopic (exact) mass is 301 g/mol. The van der Waals surface area contributed by atoms with Crippen molar-refractivity contribution < 1.29 is 4.79 Å². The molecular formula is C21H19NO. The molecule has 0 saturated carbocycles. The predicted octanol–water partition coefficient (Wildman–Crippen LogP) is 4.58. The zero-order chi connectivity index (χ0) is 15.9. The molecule has 2 nitrogen and oxygen atoms in total. The Morgan fingerprint density at radius 2 is 1.22 bits per heavy atom. The molecule has 0 heterocycles. The molecule has 0 spiro atoms. The minimum absolute atomic E-state index is 0.130. The van der Waals surface area contributed by atoms with Crippen molar-refractivity contribution in [3.05, 3.63) is 102 Å². The lowest BCUT2D eigenvalue weighted by molar-refractivity contribution is 0.0998. The second-order valence-corrected chi connectivity index (χ2v) is 5.47. The Morgan fingerprint density at radius 3 is 1.83 bits per heavy atom. The summed E-state index contributed by atoms with van der Waals surface area (Å²) >= 11 is 0. The van der Waals surface area contributed by atoms with Gasteiger partial charge >= 0.3 is 0 Å². The number of nitrogens with zero attached hydrogens (tertiary/aromatic N) is 1. The maximum atomic E-state index is 12.6. The molecule has 0 unspecified atom stereocenters. The average molecular weight is 301 g/mol. The van der Waals surface area contributed by atoms with Gasteiger partial charge < -0.3 is 4.90 Å². The van der Waals surface area contributed by atoms with Crippen LogP contribution in [-0.4, -0.2) is 12.3 Å². The molecule has 0 aliphatic carbocycles. The highest BCUT2D eigenvalue weighted by atomic mass is 16.1. The molecule has 2 heteroatoms. The minimum atomic E-state index is 0.130. The van der Waals surface area contributed by atoms with Crippen molar-refractivity contribution in [2.45, 2.75) is 6.54 Å². The van der Waals surface area contributed by atoms with E-state index >= 15 is 0 Å². The Morgan fingerprint density at radius 1 is 0.696 bits per heavy atom. The van der Waals surface area contributed by atoms with Crippen LogP contribution in [0.25, 0.3) is 0 Å². The van der Waals surface area contributed by atoms with Gasteiger partial charge in [0.05, 0.1) is 6.54 Å². The third-order valence-electron chi connectivity index (χ3n) is 3.77. The summed E-state index contributed by atoms with van der Waals surface area (Å²) < 4.78 is 0. The van der Waals surface area contributed by atoms with E-state index in [2.05, 4.69) is 17.0 Å². The molecule has 0 saturated heterocycles. The molecule has 3 aromatic carbocycles. The van der Waals surface area contributed by atoms with Gasteiger partial charge in [-0.15, -0.1) is 0 Å². The molecule has 23 heavy (non-hydrogen) atoms. The standard InChI is InChI=1S/C21H19NO/c23-21(19-12-6-2-7-13-19)17-22(20-14-8-3-9-15-20)16-18-10-4-1-5-11-18/h1-15H,16-17H2. The number of Topliss-reactive ketones (excluding diaryl/α,β-unsaturated/α-hetero) is 1. The van der Waals surface area contributed by atoms with E-state index in [4.69, 9.17) is 0 Å². The van der Waals surface area contributed by atoms with Crippen LogP contribution in [0.15, 0.2) is 91.0 Å². The Bertz CT molecular complexity index is 739. The third kappa shape index (κ3) is 4.07. The van der Waals surface area contributed by atoms with Gasteiger partial charge in [-0.05, 0) is 17.7 Å². The molecule has 0 aliphatic rings. The van der Waals surface area contributed by atoms with Crippen molar-refractivity contribution in [3.8, 4) is 0 Å². The highest BCUT2D eigenvalue weighted by Crippen LogP contribution is 2.17. The van der Waals surface area contributed by atoms with Crippen LogP contribution in [0.4, 0.5) is 5.69 Å². The topological polar surface area (TPSA) is 20.3 Å². The largest absolute Gasteiger partial charge is 0.359 e. The number of para-hydroxylation sites is 1. The quantitative estimate of drug-likeness (QED) is 0.621. The number of ketones is 1. The zero-order valence-corrected chi connectivity index (χ0v) is 12.9. The number of carbonyl (C=O) groups excluding carboxylic acids is 1. The number of hydrogen-bond acceptors (Lipinski definition) is 2. The minimum Gasteiger partial charge on any atom is -0.359 e. The molecule has 0 fully saturated rings. The van der Waals surface area contributed by atoms with E-state index in [9.17, 15) is 4.79 Å². The van der Waals surface area contributed by atoms with E-state index in [1.807, 2.05) is 78.9 Å². The fourth-order valence-corrected chi connectivity index (χ4v) is 2.57. The van der Waals surface area contributed by atoms with E-state index in [-0.39, 0.29) is 5.78 Å². The van der Waals surface area contributed by atoms with E-state index in [0.29, 0.717) is 13.1 Å². The van der Waals surface area contributed by atoms with Crippen LogP contribution < -0.4 is 4.90 Å². The van der Waals surface area contributed by atoms with Crippen molar-refractivity contribution in [1.29, 1.82) is 0 Å². The lowest BCUT2D eigenvalue weighted by Gasteiger charge is -2.24. The molecule has 0 atom stereocenters. The second-order valence-electron chi connectivity index (χ2n) is 5.47. The number of anilines is 1. The van der Waals surface area contributed by atoms with Crippen molar-refractivity contribution in [2.75, 3.05) is 11.4 Å². The average Bonchev–Trinajstić information content (AvgIpc) is 2.63. The molecule has 0 bridgehead atoms. The first kappa shape index (κ1) is 15.0. The van der Waals surface area contributed by atoms with E-state index in [0.717, 1.165) is 11.3 Å². The Labute approximate surface area is 137 Å². The van der Waals surface area contributed by atoms with Gasteiger partial charge in [0, 0.05) is 17.8 Å². The summed E-state index contributed by atoms with van der Waals surface area (Å²) in [6.07, 6.45) is 0. The highest BCUT2D eigenvalue weighted by Gasteiger charge is 2.13. The van der Waals surface area contributed by atoms with Crippen LogP contribution in [0.5, 0.6) is 0 Å². The highest BCUT2D eigenvalue weighted by molar-refractivity contribution is 5.99. The maximum absolute atomic E-state index is 12.6. The van der Waals surface area contributed by atoms with Gasteiger partial charge in [-0.1, -0.05) is 78.9 Å². The summed E-state index contributed by atoms with van der Waals surface area (Å²) in [6.45, 7) is 1.08. The number of benzene rings is 3. The molecule has 114 valence electrons. The smallest absolute Gasteiger partial charge is 0.182 e. The predicted molar refractivity (Wildman–Crippen MR) is 94.7 cm³/mol. The number of hydrogen-bond donors (Lipinski definition) is 0. The molecule has 3 rings (SSSR count). The first-order valence-corrected chi connectivity index (χ1v) is 7.75. The molecule has 3 aromatic rings. The second kappa shape index (κ2) is 7.41. The summed E-state index contributed by atoms with van der Waals surface area (Å²) in [6, 6.07) is 29.8. The molecular weight excluding hydrogens is 282 g/mol. The van der Waals surface area contributed by atoms with E-state index < -0.39 is 0 Å². The molecule has 0 radical (unpaired) electrons. The summed E-state index contributed by atoms with van der Waals surface area (Å²) in [4.78, 5) is 14.7. The Hall–Kier alpha value is -2.87. The summed E-state index contributed by atoms with van der Waals surface area (Å²) in [5.74, 6) is 0.130. The summed E-state index contributed by atoms with van der Waals surface area (Å²) in [5, 5.41) is 0.